The van der Waals surface area contributed by atoms with Crippen molar-refractivity contribution in [3.8, 4) is 6.07 Å². The highest BCUT2D eigenvalue weighted by molar-refractivity contribution is 5.60. The molecule has 0 aromatic heterocycles. The summed E-state index contributed by atoms with van der Waals surface area (Å²) >= 11 is 0. The summed E-state index contributed by atoms with van der Waals surface area (Å²) in [4.78, 5) is 1.19. The summed E-state index contributed by atoms with van der Waals surface area (Å²) in [5.74, 6) is -2.31. The van der Waals surface area contributed by atoms with Crippen molar-refractivity contribution in [3.05, 3.63) is 29.3 Å². The van der Waals surface area contributed by atoms with Gasteiger partial charge in [-0.1, -0.05) is 0 Å². The lowest BCUT2D eigenvalue weighted by Gasteiger charge is -2.31. The number of rotatable bonds is 3. The van der Waals surface area contributed by atoms with Crippen LogP contribution in [0.5, 0.6) is 0 Å². The van der Waals surface area contributed by atoms with Gasteiger partial charge in [-0.25, -0.2) is 8.78 Å². The van der Waals surface area contributed by atoms with Crippen LogP contribution in [0.1, 0.15) is 30.7 Å². The molecule has 1 saturated heterocycles. The second-order valence-corrected chi connectivity index (χ2v) is 6.24. The van der Waals surface area contributed by atoms with Gasteiger partial charge in [-0.2, -0.15) is 18.4 Å². The predicted molar refractivity (Wildman–Crippen MR) is 75.5 cm³/mol. The number of hydrogen-bond donors (Lipinski definition) is 0. The molecule has 2 fully saturated rings. The number of anilines is 1. The van der Waals surface area contributed by atoms with Crippen LogP contribution in [0.25, 0.3) is 0 Å². The SMILES string of the molecule is COC1(C(F)(F)F)CC(C#N)N(c2ccc(F)c(F)c2C2CC2)C1. The second-order valence-electron chi connectivity index (χ2n) is 6.24. The zero-order chi connectivity index (χ0) is 17.7. The van der Waals surface area contributed by atoms with Gasteiger partial charge >= 0.3 is 6.18 Å². The molecule has 1 aromatic rings. The maximum absolute atomic E-state index is 14.2. The molecule has 130 valence electrons. The standard InChI is InChI=1S/C16H15F5N2O/c1-24-15(16(19,20)21)6-10(7-22)23(8-15)12-5-4-11(17)14(18)13(12)9-2-3-9/h4-5,9-10H,2-3,6,8H2,1H3. The first-order chi connectivity index (χ1) is 11.2. The lowest BCUT2D eigenvalue weighted by atomic mass is 10.00. The number of halogens is 5. The summed E-state index contributed by atoms with van der Waals surface area (Å²) in [6.07, 6.45) is -3.96. The minimum atomic E-state index is -4.68. The highest BCUT2D eigenvalue weighted by atomic mass is 19.4. The summed E-state index contributed by atoms with van der Waals surface area (Å²) in [6.45, 7) is -0.629. The van der Waals surface area contributed by atoms with E-state index in [-0.39, 0.29) is 17.2 Å². The molecule has 1 aromatic carbocycles. The Morgan fingerprint density at radius 2 is 1.96 bits per heavy atom. The molecule has 1 heterocycles. The van der Waals surface area contributed by atoms with Crippen LogP contribution in [0.4, 0.5) is 27.6 Å². The number of ether oxygens (including phenoxy) is 1. The molecule has 1 aliphatic heterocycles. The first kappa shape index (κ1) is 17.0. The van der Waals surface area contributed by atoms with Gasteiger partial charge < -0.3 is 9.64 Å². The van der Waals surface area contributed by atoms with Crippen LogP contribution in [0.15, 0.2) is 12.1 Å². The number of methoxy groups -OCH3 is 1. The van der Waals surface area contributed by atoms with Crippen LogP contribution >= 0.6 is 0 Å². The van der Waals surface area contributed by atoms with Gasteiger partial charge in [-0.15, -0.1) is 0 Å². The van der Waals surface area contributed by atoms with Crippen molar-refractivity contribution in [1.29, 1.82) is 5.26 Å². The number of benzene rings is 1. The van der Waals surface area contributed by atoms with Crippen LogP contribution < -0.4 is 4.90 Å². The second kappa shape index (κ2) is 5.59. The molecule has 2 unspecified atom stereocenters. The van der Waals surface area contributed by atoms with E-state index in [0.717, 1.165) is 13.2 Å². The van der Waals surface area contributed by atoms with E-state index in [9.17, 15) is 27.2 Å². The fourth-order valence-corrected chi connectivity index (χ4v) is 3.28. The average molecular weight is 346 g/mol. The Kier molecular flexibility index (Phi) is 3.95. The zero-order valence-electron chi connectivity index (χ0n) is 12.8. The third kappa shape index (κ3) is 2.51. The molecule has 8 heteroatoms. The van der Waals surface area contributed by atoms with Crippen molar-refractivity contribution in [2.45, 2.75) is 43.0 Å². The van der Waals surface area contributed by atoms with E-state index in [0.29, 0.717) is 12.8 Å². The first-order valence-electron chi connectivity index (χ1n) is 7.50. The third-order valence-corrected chi connectivity index (χ3v) is 4.79. The average Bonchev–Trinajstić information content (AvgIpc) is 3.28. The van der Waals surface area contributed by atoms with Crippen LogP contribution in [0.2, 0.25) is 0 Å². The minimum absolute atomic E-state index is 0.0596. The molecule has 1 saturated carbocycles. The van der Waals surface area contributed by atoms with Gasteiger partial charge in [0.05, 0.1) is 12.6 Å². The van der Waals surface area contributed by atoms with Gasteiger partial charge in [-0.05, 0) is 30.9 Å². The molecule has 0 amide bonds. The molecular weight excluding hydrogens is 331 g/mol. The monoisotopic (exact) mass is 346 g/mol. The Morgan fingerprint density at radius 1 is 1.29 bits per heavy atom. The van der Waals surface area contributed by atoms with Gasteiger partial charge in [0.1, 0.15) is 6.04 Å². The van der Waals surface area contributed by atoms with E-state index < -0.39 is 42.4 Å². The Balaban J connectivity index is 2.07. The van der Waals surface area contributed by atoms with Crippen molar-refractivity contribution in [1.82, 2.24) is 0 Å². The lowest BCUT2D eigenvalue weighted by molar-refractivity contribution is -0.261. The highest BCUT2D eigenvalue weighted by Crippen LogP contribution is 2.50. The molecule has 3 rings (SSSR count). The largest absolute Gasteiger partial charge is 0.419 e. The van der Waals surface area contributed by atoms with Crippen molar-refractivity contribution >= 4 is 5.69 Å². The maximum atomic E-state index is 14.2. The smallest absolute Gasteiger partial charge is 0.367 e. The number of nitriles is 1. The molecule has 24 heavy (non-hydrogen) atoms. The highest BCUT2D eigenvalue weighted by Gasteiger charge is 2.62. The number of hydrogen-bond acceptors (Lipinski definition) is 3. The van der Waals surface area contributed by atoms with Crippen molar-refractivity contribution < 1.29 is 26.7 Å². The molecule has 0 radical (unpaired) electrons. The Hall–Kier alpha value is -1.88. The molecular formula is C16H15F5N2O. The van der Waals surface area contributed by atoms with Crippen molar-refractivity contribution in [2.24, 2.45) is 0 Å². The molecule has 2 aliphatic rings. The third-order valence-electron chi connectivity index (χ3n) is 4.79. The molecule has 3 nitrogen and oxygen atoms in total. The van der Waals surface area contributed by atoms with E-state index in [2.05, 4.69) is 0 Å². The van der Waals surface area contributed by atoms with Crippen LogP contribution in [-0.4, -0.2) is 31.5 Å². The van der Waals surface area contributed by atoms with Gasteiger partial charge in [0.25, 0.3) is 0 Å². The quantitative estimate of drug-likeness (QED) is 0.779. The van der Waals surface area contributed by atoms with Gasteiger partial charge in [-0.3, -0.25) is 0 Å². The van der Waals surface area contributed by atoms with Crippen molar-refractivity contribution in [3.63, 3.8) is 0 Å². The zero-order valence-corrected chi connectivity index (χ0v) is 12.8. The number of alkyl halides is 3. The van der Waals surface area contributed by atoms with Crippen molar-refractivity contribution in [2.75, 3.05) is 18.6 Å². The molecule has 0 spiro atoms. The summed E-state index contributed by atoms with van der Waals surface area (Å²) in [7, 11) is 0.943. The normalized spacial score (nSPS) is 27.4. The molecule has 1 aliphatic carbocycles. The number of nitrogens with zero attached hydrogens (tertiary/aromatic N) is 2. The van der Waals surface area contributed by atoms with Gasteiger partial charge in [0, 0.05) is 24.8 Å². The lowest BCUT2D eigenvalue weighted by Crippen LogP contribution is -2.49. The fourth-order valence-electron chi connectivity index (χ4n) is 3.28. The van der Waals surface area contributed by atoms with E-state index in [4.69, 9.17) is 4.74 Å². The Labute approximate surface area is 135 Å². The molecule has 0 N–H and O–H groups in total. The maximum Gasteiger partial charge on any atom is 0.419 e. The minimum Gasteiger partial charge on any atom is -0.367 e. The summed E-state index contributed by atoms with van der Waals surface area (Å²) < 4.78 is 72.8. The van der Waals surface area contributed by atoms with E-state index in [1.165, 1.54) is 11.0 Å². The summed E-state index contributed by atoms with van der Waals surface area (Å²) in [5.41, 5.74) is -2.30. The van der Waals surface area contributed by atoms with Crippen LogP contribution in [0.3, 0.4) is 0 Å². The summed E-state index contributed by atoms with van der Waals surface area (Å²) in [6, 6.07) is 2.82. The van der Waals surface area contributed by atoms with E-state index in [1.54, 1.807) is 0 Å². The Bertz CT molecular complexity index is 695. The fraction of sp³-hybridized carbons (Fsp3) is 0.562. The molecule has 0 bridgehead atoms. The Morgan fingerprint density at radius 3 is 2.46 bits per heavy atom. The summed E-state index contributed by atoms with van der Waals surface area (Å²) in [5, 5.41) is 9.28. The first-order valence-corrected chi connectivity index (χ1v) is 7.50. The topological polar surface area (TPSA) is 36.3 Å². The van der Waals surface area contributed by atoms with Crippen LogP contribution in [0, 0.1) is 23.0 Å². The predicted octanol–water partition coefficient (Wildman–Crippen LogP) is 3.89. The molecule has 2 atom stereocenters. The van der Waals surface area contributed by atoms with Gasteiger partial charge in [0.15, 0.2) is 17.2 Å². The van der Waals surface area contributed by atoms with E-state index >= 15 is 0 Å². The van der Waals surface area contributed by atoms with Gasteiger partial charge in [0.2, 0.25) is 0 Å². The van der Waals surface area contributed by atoms with E-state index in [1.807, 2.05) is 6.07 Å². The van der Waals surface area contributed by atoms with Crippen LogP contribution in [-0.2, 0) is 4.74 Å².